The highest BCUT2D eigenvalue weighted by molar-refractivity contribution is 7.92. The van der Waals surface area contributed by atoms with Crippen molar-refractivity contribution in [3.63, 3.8) is 0 Å². The monoisotopic (exact) mass is 401 g/mol. The molecule has 1 fully saturated rings. The SMILES string of the molecule is Cc1cc(C)cc(NS(=O)(=O)c2ccc(NC(=O)N3CCCCCC3)cc2)c1. The van der Waals surface area contributed by atoms with E-state index in [2.05, 4.69) is 10.0 Å². The second kappa shape index (κ2) is 8.65. The number of rotatable bonds is 4. The molecule has 0 aliphatic carbocycles. The number of urea groups is 1. The zero-order valence-corrected chi connectivity index (χ0v) is 17.2. The Labute approximate surface area is 167 Å². The van der Waals surface area contributed by atoms with Crippen LogP contribution in [0.25, 0.3) is 0 Å². The van der Waals surface area contributed by atoms with Gasteiger partial charge in [0.2, 0.25) is 0 Å². The fourth-order valence-corrected chi connectivity index (χ4v) is 4.48. The lowest BCUT2D eigenvalue weighted by atomic mass is 10.1. The van der Waals surface area contributed by atoms with Crippen molar-refractivity contribution in [3.05, 3.63) is 53.6 Å². The topological polar surface area (TPSA) is 78.5 Å². The summed E-state index contributed by atoms with van der Waals surface area (Å²) in [5.41, 5.74) is 3.10. The average Bonchev–Trinajstić information content (AvgIpc) is 2.90. The van der Waals surface area contributed by atoms with E-state index in [9.17, 15) is 13.2 Å². The number of carbonyl (C=O) groups excluding carboxylic acids is 1. The molecule has 150 valence electrons. The third-order valence-corrected chi connectivity index (χ3v) is 6.18. The van der Waals surface area contributed by atoms with Crippen LogP contribution in [0.3, 0.4) is 0 Å². The summed E-state index contributed by atoms with van der Waals surface area (Å²) >= 11 is 0. The Balaban J connectivity index is 1.68. The van der Waals surface area contributed by atoms with Crippen LogP contribution in [0.5, 0.6) is 0 Å². The van der Waals surface area contributed by atoms with Crippen LogP contribution in [-0.4, -0.2) is 32.4 Å². The van der Waals surface area contributed by atoms with E-state index >= 15 is 0 Å². The molecule has 2 N–H and O–H groups in total. The van der Waals surface area contributed by atoms with E-state index in [4.69, 9.17) is 0 Å². The van der Waals surface area contributed by atoms with Crippen molar-refractivity contribution in [2.45, 2.75) is 44.4 Å². The molecule has 28 heavy (non-hydrogen) atoms. The number of nitrogens with zero attached hydrogens (tertiary/aromatic N) is 1. The maximum atomic E-state index is 12.6. The molecule has 1 heterocycles. The van der Waals surface area contributed by atoms with E-state index in [1.807, 2.05) is 24.8 Å². The van der Waals surface area contributed by atoms with Gasteiger partial charge in [0.15, 0.2) is 0 Å². The molecule has 0 aromatic heterocycles. The third-order valence-electron chi connectivity index (χ3n) is 4.78. The van der Waals surface area contributed by atoms with Crippen molar-refractivity contribution < 1.29 is 13.2 Å². The van der Waals surface area contributed by atoms with Crippen molar-refractivity contribution in [1.29, 1.82) is 0 Å². The first-order valence-electron chi connectivity index (χ1n) is 9.61. The number of likely N-dealkylation sites (tertiary alicyclic amines) is 1. The zero-order chi connectivity index (χ0) is 20.1. The number of aryl methyl sites for hydroxylation is 2. The molecule has 1 aliphatic heterocycles. The minimum absolute atomic E-state index is 0.133. The van der Waals surface area contributed by atoms with Crippen molar-refractivity contribution in [2.24, 2.45) is 0 Å². The van der Waals surface area contributed by atoms with Crippen LogP contribution in [0.15, 0.2) is 47.4 Å². The first-order valence-corrected chi connectivity index (χ1v) is 11.1. The largest absolute Gasteiger partial charge is 0.325 e. The third kappa shape index (κ3) is 5.25. The number of anilines is 2. The molecule has 0 atom stereocenters. The summed E-state index contributed by atoms with van der Waals surface area (Å²) < 4.78 is 27.9. The van der Waals surface area contributed by atoms with Crippen LogP contribution in [-0.2, 0) is 10.0 Å². The number of sulfonamides is 1. The standard InChI is InChI=1S/C21H27N3O3S/c1-16-13-17(2)15-19(14-16)23-28(26,27)20-9-7-18(8-10-20)22-21(25)24-11-5-3-4-6-12-24/h7-10,13-15,23H,3-6,11-12H2,1-2H3,(H,22,25). The van der Waals surface area contributed by atoms with Crippen molar-refractivity contribution >= 4 is 27.4 Å². The van der Waals surface area contributed by atoms with Gasteiger partial charge in [-0.2, -0.15) is 0 Å². The van der Waals surface area contributed by atoms with Gasteiger partial charge in [-0.1, -0.05) is 18.9 Å². The molecule has 1 saturated heterocycles. The van der Waals surface area contributed by atoms with Crippen LogP contribution >= 0.6 is 0 Å². The molecule has 0 bridgehead atoms. The van der Waals surface area contributed by atoms with Gasteiger partial charge < -0.3 is 10.2 Å². The number of hydrogen-bond acceptors (Lipinski definition) is 3. The molecule has 0 saturated carbocycles. The van der Waals surface area contributed by atoms with E-state index < -0.39 is 10.0 Å². The smallest absolute Gasteiger partial charge is 0.321 e. The Morgan fingerprint density at radius 2 is 1.43 bits per heavy atom. The summed E-state index contributed by atoms with van der Waals surface area (Å²) in [5.74, 6) is 0. The molecule has 0 radical (unpaired) electrons. The lowest BCUT2D eigenvalue weighted by molar-refractivity contribution is 0.214. The zero-order valence-electron chi connectivity index (χ0n) is 16.4. The summed E-state index contributed by atoms with van der Waals surface area (Å²) in [7, 11) is -3.69. The van der Waals surface area contributed by atoms with Gasteiger partial charge in [-0.3, -0.25) is 4.72 Å². The molecule has 2 aromatic rings. The second-order valence-corrected chi connectivity index (χ2v) is 9.02. The fraction of sp³-hybridized carbons (Fsp3) is 0.381. The van der Waals surface area contributed by atoms with Crippen LogP contribution in [0, 0.1) is 13.8 Å². The second-order valence-electron chi connectivity index (χ2n) is 7.34. The minimum Gasteiger partial charge on any atom is -0.325 e. The Kier molecular flexibility index (Phi) is 6.24. The first kappa shape index (κ1) is 20.2. The van der Waals surface area contributed by atoms with Crippen LogP contribution in [0.1, 0.15) is 36.8 Å². The van der Waals surface area contributed by atoms with Crippen LogP contribution in [0.4, 0.5) is 16.2 Å². The highest BCUT2D eigenvalue weighted by atomic mass is 32.2. The van der Waals surface area contributed by atoms with Gasteiger partial charge in [0.1, 0.15) is 0 Å². The molecule has 3 rings (SSSR count). The van der Waals surface area contributed by atoms with Gasteiger partial charge in [-0.25, -0.2) is 13.2 Å². The van der Waals surface area contributed by atoms with Crippen molar-refractivity contribution in [1.82, 2.24) is 4.90 Å². The number of benzene rings is 2. The normalized spacial score (nSPS) is 15.0. The average molecular weight is 402 g/mol. The molecule has 7 heteroatoms. The van der Waals surface area contributed by atoms with Crippen LogP contribution < -0.4 is 10.0 Å². The molecule has 6 nitrogen and oxygen atoms in total. The van der Waals surface area contributed by atoms with Gasteiger partial charge in [-0.05, 0) is 74.2 Å². The van der Waals surface area contributed by atoms with Crippen LogP contribution in [0.2, 0.25) is 0 Å². The predicted molar refractivity (Wildman–Crippen MR) is 112 cm³/mol. The highest BCUT2D eigenvalue weighted by Crippen LogP contribution is 2.21. The number of hydrogen-bond donors (Lipinski definition) is 2. The summed E-state index contributed by atoms with van der Waals surface area (Å²) in [6.07, 6.45) is 4.36. The van der Waals surface area contributed by atoms with Gasteiger partial charge >= 0.3 is 6.03 Å². The molecular weight excluding hydrogens is 374 g/mol. The Bertz CT molecular complexity index is 912. The molecule has 1 aliphatic rings. The lowest BCUT2D eigenvalue weighted by Gasteiger charge is -2.20. The molecule has 2 amide bonds. The summed E-state index contributed by atoms with van der Waals surface area (Å²) in [4.78, 5) is 14.4. The van der Waals surface area contributed by atoms with E-state index in [-0.39, 0.29) is 10.9 Å². The maximum Gasteiger partial charge on any atom is 0.321 e. The van der Waals surface area contributed by atoms with E-state index in [1.54, 1.807) is 24.3 Å². The highest BCUT2D eigenvalue weighted by Gasteiger charge is 2.17. The molecule has 0 spiro atoms. The van der Waals surface area contributed by atoms with Crippen molar-refractivity contribution in [3.8, 4) is 0 Å². The quantitative estimate of drug-likeness (QED) is 0.791. The summed E-state index contributed by atoms with van der Waals surface area (Å²) in [6.45, 7) is 5.37. The first-order chi connectivity index (χ1) is 13.3. The predicted octanol–water partition coefficient (Wildman–Crippen LogP) is 4.51. The lowest BCUT2D eigenvalue weighted by Crippen LogP contribution is -2.35. The van der Waals surface area contributed by atoms with E-state index in [1.165, 1.54) is 12.1 Å². The Morgan fingerprint density at radius 1 is 0.857 bits per heavy atom. The minimum atomic E-state index is -3.69. The van der Waals surface area contributed by atoms with Gasteiger partial charge in [-0.15, -0.1) is 0 Å². The van der Waals surface area contributed by atoms with Gasteiger partial charge in [0.25, 0.3) is 10.0 Å². The molecule has 2 aromatic carbocycles. The number of nitrogens with one attached hydrogen (secondary N) is 2. The molecular formula is C21H27N3O3S. The maximum absolute atomic E-state index is 12.6. The van der Waals surface area contributed by atoms with Gasteiger partial charge in [0.05, 0.1) is 4.90 Å². The molecule has 0 unspecified atom stereocenters. The Morgan fingerprint density at radius 3 is 2.00 bits per heavy atom. The van der Waals surface area contributed by atoms with Crippen molar-refractivity contribution in [2.75, 3.05) is 23.1 Å². The van der Waals surface area contributed by atoms with E-state index in [0.717, 1.165) is 49.9 Å². The van der Waals surface area contributed by atoms with E-state index in [0.29, 0.717) is 11.4 Å². The Hall–Kier alpha value is -2.54. The number of amides is 2. The van der Waals surface area contributed by atoms with Gasteiger partial charge in [0, 0.05) is 24.5 Å². The summed E-state index contributed by atoms with van der Waals surface area (Å²) in [6, 6.07) is 11.7. The fourth-order valence-electron chi connectivity index (χ4n) is 3.44. The number of carbonyl (C=O) groups is 1. The summed E-state index contributed by atoms with van der Waals surface area (Å²) in [5, 5.41) is 2.85.